The van der Waals surface area contributed by atoms with Crippen molar-refractivity contribution in [2.24, 2.45) is 0 Å². The van der Waals surface area contributed by atoms with Crippen molar-refractivity contribution in [1.29, 1.82) is 0 Å². The van der Waals surface area contributed by atoms with Gasteiger partial charge in [0, 0.05) is 47.1 Å². The molecule has 0 unspecified atom stereocenters. The molecule has 1 saturated heterocycles. The summed E-state index contributed by atoms with van der Waals surface area (Å²) in [5.41, 5.74) is 0.452. The molecule has 234 valence electrons. The molecule has 8 heteroatoms. The number of halogens is 3. The van der Waals surface area contributed by atoms with Crippen LogP contribution in [0.1, 0.15) is 54.4 Å². The average Bonchev–Trinajstić information content (AvgIpc) is 3.13. The predicted octanol–water partition coefficient (Wildman–Crippen LogP) is 11.1. The Kier molecular flexibility index (Phi) is 14.9. The summed E-state index contributed by atoms with van der Waals surface area (Å²) in [5, 5.41) is 7.68. The van der Waals surface area contributed by atoms with E-state index in [2.05, 4.69) is 144 Å². The Hall–Kier alpha value is -0.813. The summed E-state index contributed by atoms with van der Waals surface area (Å²) in [4.78, 5) is 0. The van der Waals surface area contributed by atoms with E-state index in [0.29, 0.717) is 0 Å². The monoisotopic (exact) mass is 863 g/mol. The molecule has 6 rings (SSSR count). The summed E-state index contributed by atoms with van der Waals surface area (Å²) in [6, 6.07) is 25.6. The van der Waals surface area contributed by atoms with Gasteiger partial charge in [-0.05, 0) is 96.5 Å². The minimum absolute atomic E-state index is 0. The molecule has 0 saturated carbocycles. The minimum Gasteiger partial charge on any atom is -0.399 e. The van der Waals surface area contributed by atoms with E-state index < -0.39 is 0 Å². The van der Waals surface area contributed by atoms with Crippen LogP contribution in [0.5, 0.6) is 0 Å². The molecular weight excluding hydrogens is 825 g/mol. The third-order valence-electron chi connectivity index (χ3n) is 7.59. The molecule has 3 nitrogen and oxygen atoms in total. The zero-order valence-corrected chi connectivity index (χ0v) is 32.3. The van der Waals surface area contributed by atoms with Crippen molar-refractivity contribution in [3.8, 4) is 0 Å². The first-order valence-corrected chi connectivity index (χ1v) is 16.6. The Morgan fingerprint density at radius 1 is 0.651 bits per heavy atom. The van der Waals surface area contributed by atoms with Gasteiger partial charge in [-0.2, -0.15) is 0 Å². The molecular formula is C35H41BBr3O3Pd-. The zero-order valence-electron chi connectivity index (χ0n) is 26.0. The summed E-state index contributed by atoms with van der Waals surface area (Å²) in [5.74, 6) is 0. The van der Waals surface area contributed by atoms with E-state index in [1.165, 1.54) is 32.3 Å². The number of hydrogen-bond acceptors (Lipinski definition) is 3. The van der Waals surface area contributed by atoms with Crippen LogP contribution in [0.25, 0.3) is 32.3 Å². The maximum atomic E-state index is 6.32. The molecule has 0 N–H and O–H groups in total. The fraction of sp³-hybridized carbons (Fsp3) is 0.343. The molecule has 5 aromatic rings. The third kappa shape index (κ3) is 9.14. The van der Waals surface area contributed by atoms with E-state index in [1.54, 1.807) is 0 Å². The molecule has 43 heavy (non-hydrogen) atoms. The first-order chi connectivity index (χ1) is 19.5. The van der Waals surface area contributed by atoms with Crippen LogP contribution >= 0.6 is 47.8 Å². The van der Waals surface area contributed by atoms with Crippen molar-refractivity contribution in [2.75, 3.05) is 13.2 Å². The van der Waals surface area contributed by atoms with Crippen LogP contribution in [-0.4, -0.2) is 31.5 Å². The van der Waals surface area contributed by atoms with Crippen molar-refractivity contribution in [1.82, 2.24) is 0 Å². The van der Waals surface area contributed by atoms with Gasteiger partial charge in [-0.25, -0.2) is 0 Å². The summed E-state index contributed by atoms with van der Waals surface area (Å²) < 4.78 is 21.0. The second-order valence-corrected chi connectivity index (χ2v) is 14.0. The van der Waals surface area contributed by atoms with E-state index in [-0.39, 0.29) is 46.2 Å². The molecule has 1 aliphatic heterocycles. The molecule has 1 aliphatic rings. The molecule has 0 aliphatic carbocycles. The molecule has 0 radical (unpaired) electrons. The SMILES string of the molecule is Brc1cc(Br)cc(Br)c1.CC1(C)OB(c2ccc3ccc4cccc5ccc2c3c45)OC1(C)C.CCCOCCC.[CH3-].[Pd]. The number of hydrogen-bond donors (Lipinski definition) is 0. The number of ether oxygens (including phenoxy) is 1. The number of rotatable bonds is 5. The van der Waals surface area contributed by atoms with Gasteiger partial charge in [0.05, 0.1) is 11.2 Å². The van der Waals surface area contributed by atoms with Crippen LogP contribution in [0.4, 0.5) is 0 Å². The van der Waals surface area contributed by atoms with E-state index >= 15 is 0 Å². The molecule has 5 aromatic carbocycles. The van der Waals surface area contributed by atoms with Gasteiger partial charge in [-0.3, -0.25) is 0 Å². The summed E-state index contributed by atoms with van der Waals surface area (Å²) in [6.07, 6.45) is 2.28. The normalized spacial score (nSPS) is 14.9. The Bertz CT molecular complexity index is 1520. The van der Waals surface area contributed by atoms with Gasteiger partial charge in [0.1, 0.15) is 0 Å². The molecule has 0 amide bonds. The van der Waals surface area contributed by atoms with Gasteiger partial charge in [0.25, 0.3) is 0 Å². The second-order valence-electron chi connectivity index (χ2n) is 11.3. The van der Waals surface area contributed by atoms with Crippen LogP contribution in [0.3, 0.4) is 0 Å². The van der Waals surface area contributed by atoms with Crippen molar-refractivity contribution >= 4 is 92.7 Å². The van der Waals surface area contributed by atoms with Gasteiger partial charge in [0.2, 0.25) is 0 Å². The standard InChI is InChI=1S/C22H21BO2.C6H3Br3.C6H14O.CH3.Pd/c1-21(2)22(3,4)25-23(24-21)18-13-11-16-9-8-14-6-5-7-15-10-12-17(18)20(16)19(14)15;7-4-1-5(8)3-6(9)2-4;1-3-5-7-6-4-2;;/h5-13H,1-4H3;1-3H;3-6H2,1-2H3;1H3;/q;;;-1;. The quantitative estimate of drug-likeness (QED) is 0.0762. The Morgan fingerprint density at radius 2 is 1.07 bits per heavy atom. The first-order valence-electron chi connectivity index (χ1n) is 14.2. The van der Waals surface area contributed by atoms with E-state index in [9.17, 15) is 0 Å². The smallest absolute Gasteiger partial charge is 0.399 e. The van der Waals surface area contributed by atoms with E-state index in [1.807, 2.05) is 18.2 Å². The number of benzene rings is 5. The molecule has 0 bridgehead atoms. The van der Waals surface area contributed by atoms with Crippen LogP contribution in [-0.2, 0) is 34.5 Å². The third-order valence-corrected chi connectivity index (χ3v) is 8.97. The largest absolute Gasteiger partial charge is 0.495 e. The van der Waals surface area contributed by atoms with Crippen molar-refractivity contribution in [3.63, 3.8) is 0 Å². The second kappa shape index (κ2) is 16.7. The summed E-state index contributed by atoms with van der Waals surface area (Å²) in [7, 11) is -0.338. The van der Waals surface area contributed by atoms with E-state index in [0.717, 1.165) is 44.9 Å². The van der Waals surface area contributed by atoms with Crippen LogP contribution < -0.4 is 5.46 Å². The average molecular weight is 867 g/mol. The minimum atomic E-state index is -0.338. The predicted molar refractivity (Wildman–Crippen MR) is 193 cm³/mol. The molecule has 1 fully saturated rings. The van der Waals surface area contributed by atoms with E-state index in [4.69, 9.17) is 14.0 Å². The van der Waals surface area contributed by atoms with Crippen LogP contribution in [0.2, 0.25) is 0 Å². The van der Waals surface area contributed by atoms with Crippen LogP contribution in [0.15, 0.2) is 86.2 Å². The molecule has 0 aromatic heterocycles. The van der Waals surface area contributed by atoms with Gasteiger partial charge in [-0.1, -0.05) is 116 Å². The summed E-state index contributed by atoms with van der Waals surface area (Å²) >= 11 is 10.1. The fourth-order valence-electron chi connectivity index (χ4n) is 4.84. The fourth-order valence-corrected chi connectivity index (χ4v) is 7.25. The van der Waals surface area contributed by atoms with Gasteiger partial charge in [-0.15, -0.1) is 0 Å². The topological polar surface area (TPSA) is 27.7 Å². The maximum absolute atomic E-state index is 6.32. The molecule has 1 heterocycles. The molecule has 0 atom stereocenters. The Morgan fingerprint density at radius 3 is 1.53 bits per heavy atom. The zero-order chi connectivity index (χ0) is 29.8. The molecule has 0 spiro atoms. The Balaban J connectivity index is 0.000000300. The van der Waals surface area contributed by atoms with Crippen molar-refractivity contribution < 1.29 is 34.5 Å². The van der Waals surface area contributed by atoms with Crippen molar-refractivity contribution in [2.45, 2.75) is 65.6 Å². The van der Waals surface area contributed by atoms with Gasteiger partial charge < -0.3 is 21.5 Å². The first kappa shape index (κ1) is 38.4. The van der Waals surface area contributed by atoms with Crippen LogP contribution in [0, 0.1) is 7.43 Å². The van der Waals surface area contributed by atoms with Crippen molar-refractivity contribution in [3.05, 3.63) is 93.6 Å². The van der Waals surface area contributed by atoms with Gasteiger partial charge in [0.15, 0.2) is 0 Å². The maximum Gasteiger partial charge on any atom is 0.495 e. The Labute approximate surface area is 297 Å². The van der Waals surface area contributed by atoms with Gasteiger partial charge >= 0.3 is 7.12 Å². The summed E-state index contributed by atoms with van der Waals surface area (Å²) in [6.45, 7) is 14.5.